The van der Waals surface area contributed by atoms with Crippen LogP contribution in [0.4, 0.5) is 10.1 Å². The van der Waals surface area contributed by atoms with Gasteiger partial charge in [-0.25, -0.2) is 4.39 Å². The topological polar surface area (TPSA) is 101 Å². The van der Waals surface area contributed by atoms with E-state index in [-0.39, 0.29) is 17.1 Å². The van der Waals surface area contributed by atoms with Gasteiger partial charge in [-0.3, -0.25) is 30.6 Å². The third-order valence-corrected chi connectivity index (χ3v) is 5.05. The second kappa shape index (κ2) is 7.97. The lowest BCUT2D eigenvalue weighted by Crippen LogP contribution is -2.41. The number of carbonyl (C=O) groups excluding carboxylic acids is 2. The zero-order chi connectivity index (χ0) is 20.3. The van der Waals surface area contributed by atoms with E-state index < -0.39 is 16.7 Å². The highest BCUT2D eigenvalue weighted by atomic mass is 32.1. The largest absolute Gasteiger partial charge is 0.279 e. The van der Waals surface area contributed by atoms with Gasteiger partial charge < -0.3 is 0 Å². The summed E-state index contributed by atoms with van der Waals surface area (Å²) in [7, 11) is 0. The summed E-state index contributed by atoms with van der Waals surface area (Å²) in [6, 6.07) is 13.2. The number of nitro benzene ring substituents is 1. The van der Waals surface area contributed by atoms with Gasteiger partial charge >= 0.3 is 0 Å². The van der Waals surface area contributed by atoms with Crippen molar-refractivity contribution in [3.63, 3.8) is 0 Å². The predicted molar refractivity (Wildman–Crippen MR) is 102 cm³/mol. The van der Waals surface area contributed by atoms with Crippen LogP contribution < -0.4 is 10.9 Å². The molecule has 0 bridgehead atoms. The van der Waals surface area contributed by atoms with Crippen molar-refractivity contribution >= 4 is 28.8 Å². The zero-order valence-corrected chi connectivity index (χ0v) is 15.4. The zero-order valence-electron chi connectivity index (χ0n) is 14.6. The molecular weight excluding hydrogens is 385 g/mol. The molecule has 0 radical (unpaired) electrons. The second-order valence-electron chi connectivity index (χ2n) is 5.84. The highest BCUT2D eigenvalue weighted by molar-refractivity contribution is 7.17. The number of hydrazine groups is 1. The molecule has 2 amide bonds. The summed E-state index contributed by atoms with van der Waals surface area (Å²) in [5.74, 6) is -1.56. The molecule has 3 aromatic rings. The van der Waals surface area contributed by atoms with Gasteiger partial charge in [0.15, 0.2) is 0 Å². The molecule has 142 valence electrons. The van der Waals surface area contributed by atoms with Crippen molar-refractivity contribution in [1.29, 1.82) is 0 Å². The van der Waals surface area contributed by atoms with E-state index in [2.05, 4.69) is 10.9 Å². The lowest BCUT2D eigenvalue weighted by molar-refractivity contribution is -0.385. The van der Waals surface area contributed by atoms with Crippen molar-refractivity contribution in [2.45, 2.75) is 6.92 Å². The predicted octanol–water partition coefficient (Wildman–Crippen LogP) is 3.85. The van der Waals surface area contributed by atoms with Crippen molar-refractivity contribution in [3.05, 3.63) is 86.5 Å². The number of nitro groups is 1. The number of thiophene rings is 1. The number of aryl methyl sites for hydroxylation is 1. The number of amides is 2. The van der Waals surface area contributed by atoms with E-state index in [1.165, 1.54) is 35.6 Å². The van der Waals surface area contributed by atoms with Gasteiger partial charge in [-0.05, 0) is 42.8 Å². The molecule has 0 aliphatic rings. The smallest absolute Gasteiger partial charge is 0.267 e. The number of nitrogens with one attached hydrogen (secondary N) is 2. The van der Waals surface area contributed by atoms with Crippen LogP contribution in [0.2, 0.25) is 0 Å². The van der Waals surface area contributed by atoms with Gasteiger partial charge in [0, 0.05) is 22.1 Å². The summed E-state index contributed by atoms with van der Waals surface area (Å²) in [4.78, 5) is 35.9. The molecule has 9 heteroatoms. The lowest BCUT2D eigenvalue weighted by atomic mass is 10.1. The van der Waals surface area contributed by atoms with Gasteiger partial charge in [0.2, 0.25) is 0 Å². The molecule has 0 aliphatic heterocycles. The summed E-state index contributed by atoms with van der Waals surface area (Å²) in [6.45, 7) is 1.57. The normalized spacial score (nSPS) is 10.4. The van der Waals surface area contributed by atoms with Gasteiger partial charge in [0.05, 0.1) is 9.80 Å². The molecule has 0 unspecified atom stereocenters. The van der Waals surface area contributed by atoms with Gasteiger partial charge in [0.25, 0.3) is 17.5 Å². The van der Waals surface area contributed by atoms with Crippen LogP contribution in [0.1, 0.15) is 25.6 Å². The molecule has 28 heavy (non-hydrogen) atoms. The first-order chi connectivity index (χ1) is 13.3. The number of carbonyl (C=O) groups is 2. The summed E-state index contributed by atoms with van der Waals surface area (Å²) < 4.78 is 13.0. The van der Waals surface area contributed by atoms with Crippen LogP contribution in [0, 0.1) is 22.9 Å². The summed E-state index contributed by atoms with van der Waals surface area (Å²) in [6.07, 6.45) is 0. The molecule has 0 atom stereocenters. The molecule has 1 heterocycles. The standard InChI is InChI=1S/C19H14FN3O4S/c1-11-2-3-13(10-15(11)23(26)27)18(24)21-22-19(25)17-9-8-16(28-17)12-4-6-14(20)7-5-12/h2-10H,1H3,(H,21,24)(H,22,25). The van der Waals surface area contributed by atoms with Crippen molar-refractivity contribution in [3.8, 4) is 10.4 Å². The molecule has 7 nitrogen and oxygen atoms in total. The quantitative estimate of drug-likeness (QED) is 0.514. The van der Waals surface area contributed by atoms with Crippen LogP contribution in [0.5, 0.6) is 0 Å². The lowest BCUT2D eigenvalue weighted by Gasteiger charge is -2.07. The van der Waals surface area contributed by atoms with Crippen molar-refractivity contribution in [1.82, 2.24) is 10.9 Å². The van der Waals surface area contributed by atoms with E-state index in [1.54, 1.807) is 31.2 Å². The van der Waals surface area contributed by atoms with Gasteiger partial charge in [-0.1, -0.05) is 18.2 Å². The Morgan fingerprint density at radius 2 is 1.68 bits per heavy atom. The molecule has 1 aromatic heterocycles. The summed E-state index contributed by atoms with van der Waals surface area (Å²) >= 11 is 1.18. The first-order valence-corrected chi connectivity index (χ1v) is 8.88. The maximum absolute atomic E-state index is 13.0. The maximum atomic E-state index is 13.0. The van der Waals surface area contributed by atoms with Crippen LogP contribution in [-0.2, 0) is 0 Å². The van der Waals surface area contributed by atoms with Gasteiger partial charge in [0.1, 0.15) is 5.82 Å². The third kappa shape index (κ3) is 4.21. The fraction of sp³-hybridized carbons (Fsp3) is 0.0526. The third-order valence-electron chi connectivity index (χ3n) is 3.92. The van der Waals surface area contributed by atoms with E-state index in [1.807, 2.05) is 0 Å². The fourth-order valence-electron chi connectivity index (χ4n) is 2.42. The monoisotopic (exact) mass is 399 g/mol. The minimum absolute atomic E-state index is 0.0516. The van der Waals surface area contributed by atoms with Crippen molar-refractivity contribution < 1.29 is 18.9 Å². The Balaban J connectivity index is 1.66. The molecule has 0 saturated carbocycles. The van der Waals surface area contributed by atoms with E-state index >= 15 is 0 Å². The molecule has 2 aromatic carbocycles. The Hall–Kier alpha value is -3.59. The van der Waals surface area contributed by atoms with Gasteiger partial charge in [-0.15, -0.1) is 11.3 Å². The molecular formula is C19H14FN3O4S. The van der Waals surface area contributed by atoms with Crippen LogP contribution in [0.25, 0.3) is 10.4 Å². The number of nitrogens with zero attached hydrogens (tertiary/aromatic N) is 1. The maximum Gasteiger partial charge on any atom is 0.279 e. The van der Waals surface area contributed by atoms with Crippen LogP contribution in [0.3, 0.4) is 0 Å². The summed E-state index contributed by atoms with van der Waals surface area (Å²) in [5, 5.41) is 11.0. The first-order valence-electron chi connectivity index (χ1n) is 8.06. The SMILES string of the molecule is Cc1ccc(C(=O)NNC(=O)c2ccc(-c3ccc(F)cc3)s2)cc1[N+](=O)[O-]. The molecule has 3 rings (SSSR count). The van der Waals surface area contributed by atoms with Gasteiger partial charge in [-0.2, -0.15) is 0 Å². The second-order valence-corrected chi connectivity index (χ2v) is 6.92. The number of hydrogen-bond acceptors (Lipinski definition) is 5. The highest BCUT2D eigenvalue weighted by Crippen LogP contribution is 2.28. The number of rotatable bonds is 4. The minimum Gasteiger partial charge on any atom is -0.267 e. The molecule has 0 spiro atoms. The van der Waals surface area contributed by atoms with E-state index in [0.29, 0.717) is 10.4 Å². The minimum atomic E-state index is -0.674. The van der Waals surface area contributed by atoms with E-state index in [0.717, 1.165) is 16.5 Å². The average Bonchev–Trinajstić information content (AvgIpc) is 3.16. The fourth-order valence-corrected chi connectivity index (χ4v) is 3.33. The van der Waals surface area contributed by atoms with E-state index in [9.17, 15) is 24.1 Å². The molecule has 0 aliphatic carbocycles. The van der Waals surface area contributed by atoms with Crippen molar-refractivity contribution in [2.75, 3.05) is 0 Å². The van der Waals surface area contributed by atoms with Crippen LogP contribution in [0.15, 0.2) is 54.6 Å². The Bertz CT molecular complexity index is 1060. The molecule has 2 N–H and O–H groups in total. The average molecular weight is 399 g/mol. The number of hydrogen-bond donors (Lipinski definition) is 2. The highest BCUT2D eigenvalue weighted by Gasteiger charge is 2.16. The summed E-state index contributed by atoms with van der Waals surface area (Å²) in [5.41, 5.74) is 5.58. The number of benzene rings is 2. The Morgan fingerprint density at radius 1 is 1.00 bits per heavy atom. The molecule has 0 saturated heterocycles. The Labute approximate surface area is 162 Å². The first kappa shape index (κ1) is 19.2. The Morgan fingerprint density at radius 3 is 2.36 bits per heavy atom. The van der Waals surface area contributed by atoms with Crippen LogP contribution >= 0.6 is 11.3 Å². The van der Waals surface area contributed by atoms with Crippen LogP contribution in [-0.4, -0.2) is 16.7 Å². The number of halogens is 1. The van der Waals surface area contributed by atoms with E-state index in [4.69, 9.17) is 0 Å². The Kier molecular flexibility index (Phi) is 5.46. The van der Waals surface area contributed by atoms with Crippen molar-refractivity contribution in [2.24, 2.45) is 0 Å². The molecule has 0 fully saturated rings.